The maximum atomic E-state index is 9.01. The molecule has 0 fully saturated rings. The van der Waals surface area contributed by atoms with Crippen molar-refractivity contribution in [2.24, 2.45) is 0 Å². The lowest BCUT2D eigenvalue weighted by Gasteiger charge is -2.13. The predicted octanol–water partition coefficient (Wildman–Crippen LogP) is 8.83. The zero-order chi connectivity index (χ0) is 25.7. The number of aromatic nitrogens is 1. The van der Waals surface area contributed by atoms with Gasteiger partial charge in [-0.05, 0) is 96.9 Å². The van der Waals surface area contributed by atoms with E-state index in [1.54, 1.807) is 0 Å². The van der Waals surface area contributed by atoms with Crippen LogP contribution in [0.25, 0.3) is 44.3 Å². The Morgan fingerprint density at radius 3 is 2.34 bits per heavy atom. The lowest BCUT2D eigenvalue weighted by atomic mass is 9.93. The van der Waals surface area contributed by atoms with Crippen LogP contribution in [0.1, 0.15) is 30.6 Å². The topological polar surface area (TPSA) is 26.0 Å². The van der Waals surface area contributed by atoms with Gasteiger partial charge in [0, 0.05) is 25.3 Å². The number of furan rings is 1. The van der Waals surface area contributed by atoms with Crippen molar-refractivity contribution in [2.75, 3.05) is 0 Å². The lowest BCUT2D eigenvalue weighted by molar-refractivity contribution is 0.669. The maximum absolute atomic E-state index is 9.01. The van der Waals surface area contributed by atoms with Gasteiger partial charge in [0.25, 0.3) is 0 Å². The van der Waals surface area contributed by atoms with E-state index >= 15 is 0 Å². The highest BCUT2D eigenvalue weighted by atomic mass is 16.3. The first-order chi connectivity index (χ1) is 17.8. The first kappa shape index (κ1) is 19.2. The van der Waals surface area contributed by atoms with E-state index in [4.69, 9.17) is 12.1 Å². The van der Waals surface area contributed by atoms with Crippen molar-refractivity contribution in [2.45, 2.75) is 27.1 Å². The average molecular weight is 456 g/mol. The molecule has 0 aliphatic carbocycles. The van der Waals surface area contributed by atoms with Gasteiger partial charge < -0.3 is 4.42 Å². The van der Waals surface area contributed by atoms with Gasteiger partial charge >= 0.3 is 0 Å². The fraction of sp³-hybridized carbons (Fsp3) is 0.121. The minimum atomic E-state index is -1.67. The molecule has 0 radical (unpaired) electrons. The van der Waals surface area contributed by atoms with Gasteiger partial charge in [-0.3, -0.25) is 4.98 Å². The molecule has 0 aliphatic heterocycles. The molecule has 2 aromatic heterocycles. The third-order valence-corrected chi connectivity index (χ3v) is 6.57. The summed E-state index contributed by atoms with van der Waals surface area (Å²) < 4.78 is 24.2. The molecule has 2 heterocycles. The largest absolute Gasteiger partial charge is 0.456 e. The first-order valence-corrected chi connectivity index (χ1v) is 11.9. The first-order valence-electron chi connectivity index (χ1n) is 12.9. The third-order valence-electron chi connectivity index (χ3n) is 6.57. The molecule has 0 unspecified atom stereocenters. The molecule has 35 heavy (non-hydrogen) atoms. The van der Waals surface area contributed by atoms with E-state index < -0.39 is 6.37 Å². The Morgan fingerprint density at radius 2 is 1.54 bits per heavy atom. The fourth-order valence-corrected chi connectivity index (χ4v) is 5.15. The van der Waals surface area contributed by atoms with Crippen LogP contribution in [0.5, 0.6) is 0 Å². The highest BCUT2D eigenvalue weighted by molar-refractivity contribution is 6.08. The van der Waals surface area contributed by atoms with Crippen LogP contribution in [0, 0.1) is 20.8 Å². The van der Waals surface area contributed by atoms with Crippen LogP contribution in [0.4, 0.5) is 0 Å². The zero-order valence-electron chi connectivity index (χ0n) is 22.1. The van der Waals surface area contributed by atoms with E-state index in [0.717, 1.165) is 33.2 Å². The molecule has 0 spiro atoms. The molecule has 0 atom stereocenters. The molecule has 0 bridgehead atoms. The monoisotopic (exact) mass is 455 g/mol. The van der Waals surface area contributed by atoms with Crippen LogP contribution in [0.2, 0.25) is 0 Å². The number of aryl methyl sites for hydroxylation is 3. The van der Waals surface area contributed by atoms with Gasteiger partial charge in [0.05, 0.1) is 5.69 Å². The second kappa shape index (κ2) is 8.56. The van der Waals surface area contributed by atoms with Crippen LogP contribution < -0.4 is 0 Å². The summed E-state index contributed by atoms with van der Waals surface area (Å²) >= 11 is 0. The molecular formula is C33H27NO. The highest BCUT2D eigenvalue weighted by Gasteiger charge is 2.14. The number of fused-ring (bicyclic) bond motifs is 3. The Labute approximate surface area is 208 Å². The number of benzene rings is 4. The smallest absolute Gasteiger partial charge is 0.135 e. The maximum Gasteiger partial charge on any atom is 0.135 e. The Bertz CT molecular complexity index is 1760. The molecule has 0 amide bonds. The summed E-state index contributed by atoms with van der Waals surface area (Å²) in [6.45, 7) is 6.43. The number of hydrogen-bond donors (Lipinski definition) is 0. The second-order valence-electron chi connectivity index (χ2n) is 9.19. The summed E-state index contributed by atoms with van der Waals surface area (Å²) in [4.78, 5) is 4.70. The quantitative estimate of drug-likeness (QED) is 0.265. The SMILES string of the molecule is [2H]C([2H])(c1ccccc1)c1cccc2oc3ccc(-c4cc(-c5c(C)cc(C)cc5C)ccn4)cc3c12. The summed E-state index contributed by atoms with van der Waals surface area (Å²) in [6.07, 6.45) is 0.187. The molecule has 0 saturated heterocycles. The van der Waals surface area contributed by atoms with Crippen molar-refractivity contribution >= 4 is 21.9 Å². The van der Waals surface area contributed by atoms with Gasteiger partial charge in [-0.15, -0.1) is 0 Å². The van der Waals surface area contributed by atoms with Gasteiger partial charge in [-0.25, -0.2) is 0 Å². The van der Waals surface area contributed by atoms with Crippen LogP contribution >= 0.6 is 0 Å². The number of hydrogen-bond acceptors (Lipinski definition) is 2. The van der Waals surface area contributed by atoms with Crippen LogP contribution in [-0.4, -0.2) is 4.98 Å². The van der Waals surface area contributed by atoms with Gasteiger partial charge in [-0.2, -0.15) is 0 Å². The average Bonchev–Trinajstić information content (AvgIpc) is 3.27. The van der Waals surface area contributed by atoms with E-state index in [1.807, 2.05) is 66.9 Å². The Balaban J connectivity index is 1.52. The molecule has 170 valence electrons. The normalized spacial score (nSPS) is 12.7. The third kappa shape index (κ3) is 3.91. The molecule has 0 N–H and O–H groups in total. The van der Waals surface area contributed by atoms with E-state index in [9.17, 15) is 0 Å². The lowest BCUT2D eigenvalue weighted by Crippen LogP contribution is -1.92. The summed E-state index contributed by atoms with van der Waals surface area (Å²) in [5.41, 5.74) is 10.6. The summed E-state index contributed by atoms with van der Waals surface area (Å²) in [7, 11) is 0. The van der Waals surface area contributed by atoms with Crippen LogP contribution in [0.15, 0.2) is 102 Å². The van der Waals surface area contributed by atoms with Gasteiger partial charge in [0.1, 0.15) is 11.2 Å². The minimum absolute atomic E-state index is 0.597. The summed E-state index contributed by atoms with van der Waals surface area (Å²) in [5.74, 6) is 0. The van der Waals surface area contributed by atoms with Crippen LogP contribution in [-0.2, 0) is 6.37 Å². The van der Waals surface area contributed by atoms with Crippen molar-refractivity contribution in [3.05, 3.63) is 125 Å². The molecule has 2 heteroatoms. The molecule has 4 aromatic carbocycles. The van der Waals surface area contributed by atoms with Gasteiger partial charge in [0.2, 0.25) is 0 Å². The van der Waals surface area contributed by atoms with Crippen LogP contribution in [0.3, 0.4) is 0 Å². The predicted molar refractivity (Wildman–Crippen MR) is 146 cm³/mol. The Morgan fingerprint density at radius 1 is 0.743 bits per heavy atom. The molecule has 6 rings (SSSR count). The van der Waals surface area contributed by atoms with E-state index in [-0.39, 0.29) is 0 Å². The zero-order valence-corrected chi connectivity index (χ0v) is 20.1. The molecular weight excluding hydrogens is 426 g/mol. The van der Waals surface area contributed by atoms with E-state index in [1.165, 1.54) is 22.3 Å². The van der Waals surface area contributed by atoms with E-state index in [0.29, 0.717) is 16.7 Å². The highest BCUT2D eigenvalue weighted by Crippen LogP contribution is 2.36. The summed E-state index contributed by atoms with van der Waals surface area (Å²) in [5, 5.41) is 1.69. The van der Waals surface area contributed by atoms with Gasteiger partial charge in [-0.1, -0.05) is 60.2 Å². The van der Waals surface area contributed by atoms with Crippen molar-refractivity contribution in [3.8, 4) is 22.4 Å². The Hall–Kier alpha value is -4.17. The van der Waals surface area contributed by atoms with Gasteiger partial charge in [0.15, 0.2) is 0 Å². The minimum Gasteiger partial charge on any atom is -0.456 e. The number of nitrogens with zero attached hydrogens (tertiary/aromatic N) is 1. The molecule has 0 aliphatic rings. The summed E-state index contributed by atoms with van der Waals surface area (Å²) in [6, 6.07) is 29.6. The standard InChI is InChI=1S/C33H27NO/c1-21-16-22(2)32(23(3)17-21)27-14-15-34-29(20-27)25-12-13-30-28(19-25)33-26(10-7-11-31(33)35-30)18-24-8-5-4-6-9-24/h4-17,19-20H,18H2,1-3H3/i18D2. The van der Waals surface area contributed by atoms with Crippen molar-refractivity contribution < 1.29 is 7.16 Å². The van der Waals surface area contributed by atoms with Crippen molar-refractivity contribution in [1.29, 1.82) is 0 Å². The van der Waals surface area contributed by atoms with E-state index in [2.05, 4.69) is 51.1 Å². The number of pyridine rings is 1. The van der Waals surface area contributed by atoms with Crippen molar-refractivity contribution in [3.63, 3.8) is 0 Å². The van der Waals surface area contributed by atoms with Crippen molar-refractivity contribution in [1.82, 2.24) is 4.98 Å². The molecule has 2 nitrogen and oxygen atoms in total. The Kier molecular flexibility index (Phi) is 4.69. The molecule has 6 aromatic rings. The fourth-order valence-electron chi connectivity index (χ4n) is 5.15. The molecule has 0 saturated carbocycles. The second-order valence-corrected chi connectivity index (χ2v) is 9.19. The number of rotatable bonds is 4.